The second kappa shape index (κ2) is 12.9. The average Bonchev–Trinajstić information content (AvgIpc) is 3.21. The van der Waals surface area contributed by atoms with Crippen molar-refractivity contribution in [2.45, 2.75) is 19.4 Å². The molecule has 0 fully saturated rings. The Bertz CT molecular complexity index is 2420. The third kappa shape index (κ3) is 5.95. The number of nitrogens with zero attached hydrogens (tertiary/aromatic N) is 3. The van der Waals surface area contributed by atoms with Gasteiger partial charge in [-0.3, -0.25) is 0 Å². The van der Waals surface area contributed by atoms with Crippen LogP contribution in [0.15, 0.2) is 176 Å². The van der Waals surface area contributed by atoms with Crippen LogP contribution in [0.2, 0.25) is 0 Å². The Balaban J connectivity index is 1.08. The molecule has 7 aromatic carbocycles. The molecular weight excluding hydrogens is 635 g/mol. The highest BCUT2D eigenvalue weighted by atomic mass is 16.5. The zero-order chi connectivity index (χ0) is 35.1. The van der Waals surface area contributed by atoms with E-state index in [1.165, 1.54) is 22.3 Å². The zero-order valence-corrected chi connectivity index (χ0v) is 29.0. The minimum Gasteiger partial charge on any atom is -0.482 e. The highest BCUT2D eigenvalue weighted by Gasteiger charge is 2.32. The van der Waals surface area contributed by atoms with Gasteiger partial charge in [-0.05, 0) is 58.9 Å². The molecule has 0 spiro atoms. The van der Waals surface area contributed by atoms with Crippen molar-refractivity contribution in [2.24, 2.45) is 0 Å². The summed E-state index contributed by atoms with van der Waals surface area (Å²) in [6, 6.07) is 61.1. The average molecular weight is 670 g/mol. The molecule has 0 bridgehead atoms. The van der Waals surface area contributed by atoms with Gasteiger partial charge in [0, 0.05) is 27.8 Å². The first kappa shape index (κ1) is 31.3. The molecule has 0 N–H and O–H groups in total. The van der Waals surface area contributed by atoms with Crippen LogP contribution in [0, 0.1) is 0 Å². The van der Waals surface area contributed by atoms with Gasteiger partial charge in [-0.2, -0.15) is 0 Å². The van der Waals surface area contributed by atoms with Gasteiger partial charge in [-0.25, -0.2) is 15.0 Å². The van der Waals surface area contributed by atoms with Gasteiger partial charge in [0.1, 0.15) is 11.4 Å². The molecule has 4 heteroatoms. The van der Waals surface area contributed by atoms with Crippen LogP contribution in [0.25, 0.3) is 78.7 Å². The molecule has 0 unspecified atom stereocenters. The monoisotopic (exact) mass is 669 g/mol. The minimum atomic E-state index is -0.413. The molecule has 0 saturated heterocycles. The molecule has 1 aliphatic heterocycles. The summed E-state index contributed by atoms with van der Waals surface area (Å²) in [5.74, 6) is 2.78. The van der Waals surface area contributed by atoms with E-state index in [1.54, 1.807) is 0 Å². The Morgan fingerprint density at radius 2 is 0.712 bits per heavy atom. The van der Waals surface area contributed by atoms with Crippen molar-refractivity contribution in [3.05, 3.63) is 181 Å². The van der Waals surface area contributed by atoms with Crippen molar-refractivity contribution < 1.29 is 4.74 Å². The van der Waals surface area contributed by atoms with Crippen LogP contribution in [0.4, 0.5) is 0 Å². The van der Waals surface area contributed by atoms with Crippen LogP contribution in [0.1, 0.15) is 19.4 Å². The van der Waals surface area contributed by atoms with Gasteiger partial charge in [0.25, 0.3) is 0 Å². The molecule has 0 atom stereocenters. The standard InChI is InChI=1S/C48H35N3O/c1-48(2)43-16-10-9-15-41(43)42-30-29-40(31-44(42)52-48)36-21-27-39(28-22-36)47-50-45(37-23-17-34(18-24-37)32-11-5-3-6-12-32)49-46(51-47)38-25-19-35(20-26-38)33-13-7-4-8-14-33/h3-31H,1-2H3. The normalized spacial score (nSPS) is 12.7. The molecule has 0 amide bonds. The summed E-state index contributed by atoms with van der Waals surface area (Å²) in [4.78, 5) is 15.0. The summed E-state index contributed by atoms with van der Waals surface area (Å²) in [6.45, 7) is 4.26. The topological polar surface area (TPSA) is 47.9 Å². The number of benzene rings is 7. The van der Waals surface area contributed by atoms with Crippen molar-refractivity contribution in [1.82, 2.24) is 15.0 Å². The third-order valence-electron chi connectivity index (χ3n) is 9.82. The quantitative estimate of drug-likeness (QED) is 0.177. The Labute approximate surface area is 304 Å². The number of aromatic nitrogens is 3. The van der Waals surface area contributed by atoms with Gasteiger partial charge in [0.2, 0.25) is 0 Å². The highest BCUT2D eigenvalue weighted by Crippen LogP contribution is 2.46. The largest absolute Gasteiger partial charge is 0.482 e. The van der Waals surface area contributed by atoms with Crippen LogP contribution in [0.3, 0.4) is 0 Å². The van der Waals surface area contributed by atoms with Crippen LogP contribution < -0.4 is 4.74 Å². The Morgan fingerprint density at radius 1 is 0.346 bits per heavy atom. The zero-order valence-electron chi connectivity index (χ0n) is 29.0. The first-order valence-electron chi connectivity index (χ1n) is 17.6. The predicted molar refractivity (Wildman–Crippen MR) is 212 cm³/mol. The molecule has 52 heavy (non-hydrogen) atoms. The number of fused-ring (bicyclic) bond motifs is 3. The summed E-state index contributed by atoms with van der Waals surface area (Å²) in [5.41, 5.74) is 12.7. The summed E-state index contributed by atoms with van der Waals surface area (Å²) in [5, 5.41) is 0. The molecular formula is C48H35N3O. The number of ether oxygens (including phenoxy) is 1. The molecule has 2 heterocycles. The molecule has 0 aliphatic carbocycles. The van der Waals surface area contributed by atoms with Crippen molar-refractivity contribution >= 4 is 0 Å². The van der Waals surface area contributed by atoms with Crippen molar-refractivity contribution in [1.29, 1.82) is 0 Å². The van der Waals surface area contributed by atoms with E-state index in [9.17, 15) is 0 Å². The van der Waals surface area contributed by atoms with Gasteiger partial charge >= 0.3 is 0 Å². The molecule has 1 aliphatic rings. The SMILES string of the molecule is CC1(C)Oc2cc(-c3ccc(-c4nc(-c5ccc(-c6ccccc6)cc5)nc(-c5ccc(-c6ccccc6)cc5)n4)cc3)ccc2-c2ccccc21. The number of hydrogen-bond acceptors (Lipinski definition) is 4. The minimum absolute atomic E-state index is 0.413. The Morgan fingerprint density at radius 3 is 1.19 bits per heavy atom. The first-order chi connectivity index (χ1) is 25.5. The lowest BCUT2D eigenvalue weighted by Crippen LogP contribution is -2.29. The Hall–Kier alpha value is -6.65. The van der Waals surface area contributed by atoms with Crippen LogP contribution >= 0.6 is 0 Å². The summed E-state index contributed by atoms with van der Waals surface area (Å²) >= 11 is 0. The van der Waals surface area contributed by atoms with E-state index in [1.807, 2.05) is 12.1 Å². The fraction of sp³-hybridized carbons (Fsp3) is 0.0625. The summed E-state index contributed by atoms with van der Waals surface area (Å²) in [7, 11) is 0. The fourth-order valence-corrected chi connectivity index (χ4v) is 7.04. The lowest BCUT2D eigenvalue weighted by atomic mass is 9.85. The van der Waals surface area contributed by atoms with Gasteiger partial charge in [0.05, 0.1) is 0 Å². The van der Waals surface area contributed by atoms with Gasteiger partial charge in [0.15, 0.2) is 17.5 Å². The number of rotatable bonds is 6. The van der Waals surface area contributed by atoms with Crippen LogP contribution in [-0.4, -0.2) is 15.0 Å². The lowest BCUT2D eigenvalue weighted by Gasteiger charge is -2.35. The smallest absolute Gasteiger partial charge is 0.164 e. The van der Waals surface area contributed by atoms with E-state index in [0.29, 0.717) is 17.5 Å². The van der Waals surface area contributed by atoms with Crippen LogP contribution in [-0.2, 0) is 5.60 Å². The second-order valence-electron chi connectivity index (χ2n) is 13.6. The molecule has 0 radical (unpaired) electrons. The van der Waals surface area contributed by atoms with Gasteiger partial charge in [-0.1, -0.05) is 170 Å². The maximum atomic E-state index is 6.55. The molecule has 0 saturated carbocycles. The van der Waals surface area contributed by atoms with Crippen LogP contribution in [0.5, 0.6) is 5.75 Å². The lowest BCUT2D eigenvalue weighted by molar-refractivity contribution is 0.106. The summed E-state index contributed by atoms with van der Waals surface area (Å²) in [6.07, 6.45) is 0. The molecule has 8 aromatic rings. The van der Waals surface area contributed by atoms with E-state index in [2.05, 4.69) is 178 Å². The van der Waals surface area contributed by atoms with E-state index >= 15 is 0 Å². The molecule has 9 rings (SSSR count). The Kier molecular flexibility index (Phi) is 7.78. The van der Waals surface area contributed by atoms with E-state index < -0.39 is 5.60 Å². The van der Waals surface area contributed by atoms with Gasteiger partial charge < -0.3 is 4.74 Å². The molecule has 1 aromatic heterocycles. The highest BCUT2D eigenvalue weighted by molar-refractivity contribution is 5.81. The number of hydrogen-bond donors (Lipinski definition) is 0. The fourth-order valence-electron chi connectivity index (χ4n) is 7.04. The van der Waals surface area contributed by atoms with Crippen molar-refractivity contribution in [2.75, 3.05) is 0 Å². The van der Waals surface area contributed by atoms with Gasteiger partial charge in [-0.15, -0.1) is 0 Å². The maximum absolute atomic E-state index is 6.55. The van der Waals surface area contributed by atoms with Crippen molar-refractivity contribution in [3.8, 4) is 84.4 Å². The maximum Gasteiger partial charge on any atom is 0.164 e. The first-order valence-corrected chi connectivity index (χ1v) is 17.6. The second-order valence-corrected chi connectivity index (χ2v) is 13.6. The van der Waals surface area contributed by atoms with E-state index in [0.717, 1.165) is 50.3 Å². The summed E-state index contributed by atoms with van der Waals surface area (Å²) < 4.78 is 6.55. The van der Waals surface area contributed by atoms with Crippen molar-refractivity contribution in [3.63, 3.8) is 0 Å². The third-order valence-corrected chi connectivity index (χ3v) is 9.82. The van der Waals surface area contributed by atoms with E-state index in [4.69, 9.17) is 19.7 Å². The van der Waals surface area contributed by atoms with E-state index in [-0.39, 0.29) is 0 Å². The predicted octanol–water partition coefficient (Wildman–Crippen LogP) is 12.2. The molecule has 248 valence electrons. The molecule has 4 nitrogen and oxygen atoms in total.